The third-order valence-electron chi connectivity index (χ3n) is 6.75. The molecular weight excluding hydrogens is 472 g/mol. The van der Waals surface area contributed by atoms with Crippen LogP contribution in [-0.2, 0) is 0 Å². The molecule has 0 bridgehead atoms. The summed E-state index contributed by atoms with van der Waals surface area (Å²) in [5, 5.41) is 1.49. The molecule has 1 nitrogen and oxygen atoms in total. The highest BCUT2D eigenvalue weighted by atomic mass is 16.3. The average Bonchev–Trinajstić information content (AvgIpc) is 3.59. The van der Waals surface area contributed by atoms with Gasteiger partial charge in [-0.05, 0) is 73.1 Å². The summed E-state index contributed by atoms with van der Waals surface area (Å²) in [6.07, 6.45) is 0. The quantitative estimate of drug-likeness (QED) is 0.215. The standard InChI is InChI=1S/C38H24O/c1-3-12-25(13-4-1)27-22-23-32-35(24-27)39-34-21-11-20-33(38(32)34)37-30-18-9-7-16-28(30)36(26-14-5-2-6-15-26)29-17-8-10-19-31(29)37/h1-24H/i1D,2D,3D,4D,5D,6D,11D,12D,13D,14D,15D,20D,21D,22D,23D,24D. The van der Waals surface area contributed by atoms with Gasteiger partial charge in [0.05, 0.1) is 21.9 Å². The Hall–Kier alpha value is -5.14. The molecule has 8 rings (SSSR count). The van der Waals surface area contributed by atoms with Gasteiger partial charge in [-0.25, -0.2) is 0 Å². The zero-order valence-corrected chi connectivity index (χ0v) is 20.0. The highest BCUT2D eigenvalue weighted by Crippen LogP contribution is 2.46. The number of furan rings is 1. The molecule has 0 aliphatic rings. The van der Waals surface area contributed by atoms with Gasteiger partial charge < -0.3 is 4.42 Å². The number of rotatable bonds is 3. The Balaban J connectivity index is 1.59. The van der Waals surface area contributed by atoms with Crippen molar-refractivity contribution in [2.75, 3.05) is 0 Å². The molecule has 182 valence electrons. The Bertz CT molecular complexity index is 2940. The minimum Gasteiger partial charge on any atom is -0.456 e. The van der Waals surface area contributed by atoms with Gasteiger partial charge in [0.1, 0.15) is 11.2 Å². The van der Waals surface area contributed by atoms with Crippen molar-refractivity contribution in [1.29, 1.82) is 0 Å². The smallest absolute Gasteiger partial charge is 0.136 e. The summed E-state index contributed by atoms with van der Waals surface area (Å²) in [7, 11) is 0. The summed E-state index contributed by atoms with van der Waals surface area (Å²) < 4.78 is 145. The van der Waals surface area contributed by atoms with E-state index >= 15 is 0 Å². The number of hydrogen-bond acceptors (Lipinski definition) is 1. The molecule has 0 atom stereocenters. The van der Waals surface area contributed by atoms with Crippen molar-refractivity contribution >= 4 is 43.5 Å². The molecule has 39 heavy (non-hydrogen) atoms. The largest absolute Gasteiger partial charge is 0.456 e. The predicted octanol–water partition coefficient (Wildman–Crippen LogP) is 10.9. The summed E-state index contributed by atoms with van der Waals surface area (Å²) in [5.41, 5.74) is -0.984. The number of benzene rings is 7. The van der Waals surface area contributed by atoms with Crippen molar-refractivity contribution in [3.63, 3.8) is 0 Å². The molecule has 0 aliphatic carbocycles. The molecule has 0 aliphatic heterocycles. The molecule has 0 amide bonds. The summed E-state index contributed by atoms with van der Waals surface area (Å²) in [6.45, 7) is 0. The fraction of sp³-hybridized carbons (Fsp3) is 0. The third kappa shape index (κ3) is 3.41. The molecule has 0 fully saturated rings. The van der Waals surface area contributed by atoms with Gasteiger partial charge in [0, 0.05) is 10.8 Å². The zero-order chi connectivity index (χ0) is 39.7. The first-order valence-corrected chi connectivity index (χ1v) is 12.1. The van der Waals surface area contributed by atoms with Crippen LogP contribution in [0.5, 0.6) is 0 Å². The van der Waals surface area contributed by atoms with Crippen molar-refractivity contribution in [3.8, 4) is 33.4 Å². The average molecular weight is 513 g/mol. The van der Waals surface area contributed by atoms with E-state index in [1.165, 1.54) is 0 Å². The highest BCUT2D eigenvalue weighted by molar-refractivity contribution is 6.25. The summed E-state index contributed by atoms with van der Waals surface area (Å²) >= 11 is 0. The van der Waals surface area contributed by atoms with E-state index in [0.29, 0.717) is 32.7 Å². The number of hydrogen-bond donors (Lipinski definition) is 0. The van der Waals surface area contributed by atoms with Crippen molar-refractivity contribution in [3.05, 3.63) is 145 Å². The molecule has 1 heteroatoms. The molecule has 1 aromatic heterocycles. The van der Waals surface area contributed by atoms with Crippen LogP contribution in [0.25, 0.3) is 76.9 Å². The van der Waals surface area contributed by atoms with Gasteiger partial charge in [-0.2, -0.15) is 0 Å². The Labute approximate surface area is 249 Å². The second kappa shape index (κ2) is 8.72. The van der Waals surface area contributed by atoms with E-state index in [9.17, 15) is 4.11 Å². The van der Waals surface area contributed by atoms with E-state index < -0.39 is 108 Å². The normalized spacial score (nSPS) is 17.3. The van der Waals surface area contributed by atoms with E-state index in [4.69, 9.17) is 22.2 Å². The predicted molar refractivity (Wildman–Crippen MR) is 165 cm³/mol. The Morgan fingerprint density at radius 3 is 1.67 bits per heavy atom. The van der Waals surface area contributed by atoms with Gasteiger partial charge in [0.2, 0.25) is 0 Å². The summed E-state index contributed by atoms with van der Waals surface area (Å²) in [4.78, 5) is 0. The van der Waals surface area contributed by atoms with Crippen molar-refractivity contribution in [2.45, 2.75) is 0 Å². The third-order valence-corrected chi connectivity index (χ3v) is 6.75. The van der Waals surface area contributed by atoms with Crippen LogP contribution >= 0.6 is 0 Å². The van der Waals surface area contributed by atoms with E-state index in [0.717, 1.165) is 0 Å². The maximum Gasteiger partial charge on any atom is 0.136 e. The molecule has 1 heterocycles. The second-order valence-electron chi connectivity index (χ2n) is 8.85. The van der Waals surface area contributed by atoms with Crippen LogP contribution in [0.2, 0.25) is 0 Å². The highest BCUT2D eigenvalue weighted by Gasteiger charge is 2.20. The minimum atomic E-state index is -0.703. The van der Waals surface area contributed by atoms with Crippen LogP contribution in [0.3, 0.4) is 0 Å². The van der Waals surface area contributed by atoms with Gasteiger partial charge in [0.25, 0.3) is 0 Å². The summed E-state index contributed by atoms with van der Waals surface area (Å²) in [6, 6.07) is 4.29. The van der Waals surface area contributed by atoms with Crippen LogP contribution in [0.4, 0.5) is 0 Å². The number of fused-ring (bicyclic) bond motifs is 5. The van der Waals surface area contributed by atoms with Crippen molar-refractivity contribution in [1.82, 2.24) is 0 Å². The van der Waals surface area contributed by atoms with Crippen molar-refractivity contribution in [2.24, 2.45) is 0 Å². The molecule has 0 spiro atoms. The summed E-state index contributed by atoms with van der Waals surface area (Å²) in [5.74, 6) is 0. The fourth-order valence-electron chi connectivity index (χ4n) is 5.18. The molecule has 0 saturated heterocycles. The topological polar surface area (TPSA) is 13.1 Å². The zero-order valence-electron chi connectivity index (χ0n) is 36.0. The first kappa shape index (κ1) is 11.3. The molecule has 0 unspecified atom stereocenters. The molecule has 0 saturated carbocycles. The molecular formula is C38H24O. The second-order valence-corrected chi connectivity index (χ2v) is 8.85. The molecule has 7 aromatic carbocycles. The van der Waals surface area contributed by atoms with Gasteiger partial charge >= 0.3 is 0 Å². The monoisotopic (exact) mass is 512 g/mol. The lowest BCUT2D eigenvalue weighted by atomic mass is 9.85. The van der Waals surface area contributed by atoms with Gasteiger partial charge in [-0.1, -0.05) is 127 Å². The first-order valence-electron chi connectivity index (χ1n) is 20.1. The van der Waals surface area contributed by atoms with E-state index in [2.05, 4.69) is 0 Å². The minimum absolute atomic E-state index is 0.0117. The Kier molecular flexibility index (Phi) is 2.53. The van der Waals surface area contributed by atoms with Crippen LogP contribution in [0.1, 0.15) is 21.9 Å². The first-order chi connectivity index (χ1) is 26.0. The van der Waals surface area contributed by atoms with Crippen LogP contribution in [0.15, 0.2) is 150 Å². The van der Waals surface area contributed by atoms with Crippen LogP contribution in [-0.4, -0.2) is 0 Å². The van der Waals surface area contributed by atoms with E-state index in [1.54, 1.807) is 48.5 Å². The van der Waals surface area contributed by atoms with Gasteiger partial charge in [-0.3, -0.25) is 0 Å². The Morgan fingerprint density at radius 1 is 0.436 bits per heavy atom. The maximum atomic E-state index is 9.32. The lowest BCUT2D eigenvalue weighted by Gasteiger charge is -2.18. The lowest BCUT2D eigenvalue weighted by Crippen LogP contribution is -1.91. The van der Waals surface area contributed by atoms with Gasteiger partial charge in [0.15, 0.2) is 0 Å². The van der Waals surface area contributed by atoms with Crippen LogP contribution < -0.4 is 0 Å². The maximum absolute atomic E-state index is 9.32. The van der Waals surface area contributed by atoms with Crippen molar-refractivity contribution < 1.29 is 26.3 Å². The molecule has 0 radical (unpaired) electrons. The molecule has 0 N–H and O–H groups in total. The van der Waals surface area contributed by atoms with E-state index in [1.807, 2.05) is 0 Å². The SMILES string of the molecule is [2H]c1c([2H])c([2H])c(-c2c([2H])c([2H])c3c(oc4c([2H])c([2H])c([2H])c(-c5c6ccccc6c(-c6c([2H])c([2H])c([2H])c([2H])c6[2H])c6ccccc56)c43)c2[2H])c([2H])c1[2H]. The van der Waals surface area contributed by atoms with Crippen LogP contribution in [0, 0.1) is 0 Å². The van der Waals surface area contributed by atoms with E-state index in [-0.39, 0.29) is 33.1 Å². The van der Waals surface area contributed by atoms with Gasteiger partial charge in [-0.15, -0.1) is 0 Å². The molecule has 8 aromatic rings. The lowest BCUT2D eigenvalue weighted by molar-refractivity contribution is 0.669. The fourth-order valence-corrected chi connectivity index (χ4v) is 5.18. The Morgan fingerprint density at radius 2 is 1.03 bits per heavy atom.